The van der Waals surface area contributed by atoms with Gasteiger partial charge in [-0.1, -0.05) is 19.1 Å². The summed E-state index contributed by atoms with van der Waals surface area (Å²) in [6, 6.07) is 12.9. The summed E-state index contributed by atoms with van der Waals surface area (Å²) in [5.41, 5.74) is 2.45. The van der Waals surface area contributed by atoms with Crippen LogP contribution >= 0.6 is 15.9 Å². The highest BCUT2D eigenvalue weighted by Gasteiger charge is 2.13. The van der Waals surface area contributed by atoms with E-state index in [2.05, 4.69) is 28.2 Å². The van der Waals surface area contributed by atoms with Gasteiger partial charge < -0.3 is 14.8 Å². The number of carbonyl (C=O) groups excluding carboxylic acids is 1. The summed E-state index contributed by atoms with van der Waals surface area (Å²) in [6.45, 7) is 2.06. The van der Waals surface area contributed by atoms with Crippen LogP contribution in [-0.4, -0.2) is 20.1 Å². The number of anilines is 1. The number of rotatable bonds is 6. The maximum Gasteiger partial charge on any atom is 0.266 e. The van der Waals surface area contributed by atoms with Crippen molar-refractivity contribution >= 4 is 33.6 Å². The van der Waals surface area contributed by atoms with E-state index in [0.717, 1.165) is 6.42 Å². The Kier molecular flexibility index (Phi) is 6.81. The van der Waals surface area contributed by atoms with E-state index in [9.17, 15) is 10.1 Å². The van der Waals surface area contributed by atoms with Gasteiger partial charge >= 0.3 is 0 Å². The Morgan fingerprint density at radius 2 is 1.92 bits per heavy atom. The Hall–Kier alpha value is -2.78. The lowest BCUT2D eigenvalue weighted by molar-refractivity contribution is -0.112. The van der Waals surface area contributed by atoms with Crippen LogP contribution in [-0.2, 0) is 11.2 Å². The summed E-state index contributed by atoms with van der Waals surface area (Å²) >= 11 is 3.40. The number of nitriles is 1. The molecule has 2 aromatic carbocycles. The molecule has 0 unspecified atom stereocenters. The van der Waals surface area contributed by atoms with Crippen LogP contribution < -0.4 is 14.8 Å². The number of nitrogens with zero attached hydrogens (tertiary/aromatic N) is 1. The van der Waals surface area contributed by atoms with E-state index in [1.807, 2.05) is 30.3 Å². The third-order valence-electron chi connectivity index (χ3n) is 3.75. The van der Waals surface area contributed by atoms with Gasteiger partial charge in [-0.25, -0.2) is 0 Å². The molecule has 0 aromatic heterocycles. The van der Waals surface area contributed by atoms with Crippen molar-refractivity contribution in [2.75, 3.05) is 19.5 Å². The molecule has 0 aliphatic heterocycles. The molecule has 2 aromatic rings. The first-order chi connectivity index (χ1) is 12.5. The van der Waals surface area contributed by atoms with Crippen LogP contribution in [0.2, 0.25) is 0 Å². The average Bonchev–Trinajstić information content (AvgIpc) is 2.66. The van der Waals surface area contributed by atoms with Crippen molar-refractivity contribution in [2.45, 2.75) is 13.3 Å². The van der Waals surface area contributed by atoms with Gasteiger partial charge in [0.15, 0.2) is 11.5 Å². The first kappa shape index (κ1) is 19.5. The molecule has 0 radical (unpaired) electrons. The van der Waals surface area contributed by atoms with E-state index in [0.29, 0.717) is 27.2 Å². The number of nitrogens with one attached hydrogen (secondary N) is 1. The van der Waals surface area contributed by atoms with Crippen molar-refractivity contribution < 1.29 is 14.3 Å². The van der Waals surface area contributed by atoms with Crippen molar-refractivity contribution in [2.24, 2.45) is 0 Å². The Labute approximate surface area is 161 Å². The van der Waals surface area contributed by atoms with Gasteiger partial charge in [-0.05, 0) is 63.8 Å². The summed E-state index contributed by atoms with van der Waals surface area (Å²) in [5.74, 6) is 0.576. The Bertz CT molecular complexity index is 868. The Morgan fingerprint density at radius 3 is 2.46 bits per heavy atom. The molecule has 1 amide bonds. The van der Waals surface area contributed by atoms with Gasteiger partial charge in [0.05, 0.1) is 18.7 Å². The molecule has 0 saturated carbocycles. The number of amides is 1. The third-order valence-corrected chi connectivity index (χ3v) is 4.34. The highest BCUT2D eigenvalue weighted by molar-refractivity contribution is 9.10. The zero-order chi connectivity index (χ0) is 19.1. The summed E-state index contributed by atoms with van der Waals surface area (Å²) in [4.78, 5) is 12.4. The number of carbonyl (C=O) groups is 1. The van der Waals surface area contributed by atoms with Crippen molar-refractivity contribution in [1.29, 1.82) is 5.26 Å². The first-order valence-electron chi connectivity index (χ1n) is 7.96. The molecule has 26 heavy (non-hydrogen) atoms. The van der Waals surface area contributed by atoms with Crippen molar-refractivity contribution in [3.05, 3.63) is 57.6 Å². The highest BCUT2D eigenvalue weighted by Crippen LogP contribution is 2.36. The number of benzene rings is 2. The molecule has 0 aliphatic rings. The SMILES string of the molecule is CCc1ccc(NC(=O)/C(C#N)=C\c2cc(Br)c(OC)c(OC)c2)cc1. The smallest absolute Gasteiger partial charge is 0.266 e. The van der Waals surface area contributed by atoms with Gasteiger partial charge in [0.2, 0.25) is 0 Å². The number of ether oxygens (including phenoxy) is 2. The predicted octanol–water partition coefficient (Wildman–Crippen LogP) is 4.57. The van der Waals surface area contributed by atoms with E-state index < -0.39 is 5.91 Å². The standard InChI is InChI=1S/C20H19BrN2O3/c1-4-13-5-7-16(8-6-13)23-20(24)15(12-22)9-14-10-17(21)19(26-3)18(11-14)25-2/h5-11H,4H2,1-3H3,(H,23,24)/b15-9-. The van der Waals surface area contributed by atoms with Crippen LogP contribution in [0.1, 0.15) is 18.1 Å². The minimum absolute atomic E-state index is 0.0105. The van der Waals surface area contributed by atoms with Crippen LogP contribution in [0, 0.1) is 11.3 Å². The normalized spacial score (nSPS) is 10.8. The lowest BCUT2D eigenvalue weighted by Gasteiger charge is -2.11. The molecule has 6 heteroatoms. The minimum atomic E-state index is -0.470. The zero-order valence-electron chi connectivity index (χ0n) is 14.8. The van der Waals surface area contributed by atoms with Crippen LogP contribution in [0.5, 0.6) is 11.5 Å². The third kappa shape index (κ3) is 4.64. The molecule has 0 spiro atoms. The second-order valence-corrected chi connectivity index (χ2v) is 6.27. The first-order valence-corrected chi connectivity index (χ1v) is 8.75. The lowest BCUT2D eigenvalue weighted by atomic mass is 10.1. The molecule has 5 nitrogen and oxygen atoms in total. The van der Waals surface area contributed by atoms with Crippen LogP contribution in [0.4, 0.5) is 5.69 Å². The fourth-order valence-electron chi connectivity index (χ4n) is 2.36. The molecular formula is C20H19BrN2O3. The highest BCUT2D eigenvalue weighted by atomic mass is 79.9. The number of hydrogen-bond acceptors (Lipinski definition) is 4. The number of halogens is 1. The van der Waals surface area contributed by atoms with Crippen molar-refractivity contribution in [3.8, 4) is 17.6 Å². The quantitative estimate of drug-likeness (QED) is 0.554. The molecule has 0 bridgehead atoms. The summed E-state index contributed by atoms with van der Waals surface area (Å²) in [5, 5.41) is 12.1. The van der Waals surface area contributed by atoms with E-state index in [4.69, 9.17) is 9.47 Å². The molecular weight excluding hydrogens is 396 g/mol. The predicted molar refractivity (Wildman–Crippen MR) is 105 cm³/mol. The summed E-state index contributed by atoms with van der Waals surface area (Å²) < 4.78 is 11.2. The van der Waals surface area contributed by atoms with E-state index in [-0.39, 0.29) is 5.57 Å². The molecule has 0 heterocycles. The van der Waals surface area contributed by atoms with Crippen molar-refractivity contribution in [1.82, 2.24) is 0 Å². The monoisotopic (exact) mass is 414 g/mol. The van der Waals surface area contributed by atoms with E-state index in [1.165, 1.54) is 25.9 Å². The second-order valence-electron chi connectivity index (χ2n) is 5.41. The summed E-state index contributed by atoms with van der Waals surface area (Å²) in [7, 11) is 3.06. The number of methoxy groups -OCH3 is 2. The molecule has 134 valence electrons. The van der Waals surface area contributed by atoms with Crippen LogP contribution in [0.25, 0.3) is 6.08 Å². The lowest BCUT2D eigenvalue weighted by Crippen LogP contribution is -2.13. The van der Waals surface area contributed by atoms with Gasteiger partial charge in [0.1, 0.15) is 11.6 Å². The van der Waals surface area contributed by atoms with Gasteiger partial charge in [-0.15, -0.1) is 0 Å². The minimum Gasteiger partial charge on any atom is -0.493 e. The molecule has 0 atom stereocenters. The molecule has 0 fully saturated rings. The Morgan fingerprint density at radius 1 is 1.23 bits per heavy atom. The largest absolute Gasteiger partial charge is 0.493 e. The maximum absolute atomic E-state index is 12.4. The van der Waals surface area contributed by atoms with Crippen molar-refractivity contribution in [3.63, 3.8) is 0 Å². The van der Waals surface area contributed by atoms with Crippen LogP contribution in [0.3, 0.4) is 0 Å². The van der Waals surface area contributed by atoms with Crippen LogP contribution in [0.15, 0.2) is 46.4 Å². The molecule has 1 N–H and O–H groups in total. The summed E-state index contributed by atoms with van der Waals surface area (Å²) in [6.07, 6.45) is 2.42. The van der Waals surface area contributed by atoms with Gasteiger partial charge in [0.25, 0.3) is 5.91 Å². The van der Waals surface area contributed by atoms with Gasteiger partial charge in [0, 0.05) is 5.69 Å². The zero-order valence-corrected chi connectivity index (χ0v) is 16.4. The number of hydrogen-bond donors (Lipinski definition) is 1. The average molecular weight is 415 g/mol. The topological polar surface area (TPSA) is 71.4 Å². The Balaban J connectivity index is 2.27. The second kappa shape index (κ2) is 9.07. The number of aryl methyl sites for hydroxylation is 1. The van der Waals surface area contributed by atoms with E-state index in [1.54, 1.807) is 12.1 Å². The fraction of sp³-hybridized carbons (Fsp3) is 0.200. The van der Waals surface area contributed by atoms with Gasteiger partial charge in [-0.3, -0.25) is 4.79 Å². The fourth-order valence-corrected chi connectivity index (χ4v) is 2.98. The van der Waals surface area contributed by atoms with Gasteiger partial charge in [-0.2, -0.15) is 5.26 Å². The molecule has 0 saturated heterocycles. The maximum atomic E-state index is 12.4. The molecule has 0 aliphatic carbocycles. The van der Waals surface area contributed by atoms with E-state index >= 15 is 0 Å². The molecule has 2 rings (SSSR count).